The molecule has 0 radical (unpaired) electrons. The van der Waals surface area contributed by atoms with Crippen molar-refractivity contribution in [3.05, 3.63) is 64.7 Å². The number of halogens is 1. The maximum Gasteiger partial charge on any atom is 0.226 e. The van der Waals surface area contributed by atoms with Gasteiger partial charge in [0, 0.05) is 13.5 Å². The summed E-state index contributed by atoms with van der Waals surface area (Å²) in [5.74, 6) is -0.170. The Morgan fingerprint density at radius 2 is 1.88 bits per heavy atom. The zero-order chi connectivity index (χ0) is 17.1. The van der Waals surface area contributed by atoms with Crippen molar-refractivity contribution in [1.82, 2.24) is 4.90 Å². The molecule has 24 heavy (non-hydrogen) atoms. The number of hydrogen-bond donors (Lipinski definition) is 1. The highest BCUT2D eigenvalue weighted by atomic mass is 35.5. The van der Waals surface area contributed by atoms with E-state index in [1.807, 2.05) is 30.3 Å². The minimum atomic E-state index is -0.241. The van der Waals surface area contributed by atoms with Crippen molar-refractivity contribution in [3.63, 3.8) is 0 Å². The van der Waals surface area contributed by atoms with Gasteiger partial charge < -0.3 is 10.2 Å². The highest BCUT2D eigenvalue weighted by Crippen LogP contribution is 2.33. The lowest BCUT2D eigenvalue weighted by molar-refractivity contribution is -0.132. The fraction of sp³-hybridized carbons (Fsp3) is 0.263. The van der Waals surface area contributed by atoms with Gasteiger partial charge in [0.1, 0.15) is 0 Å². The summed E-state index contributed by atoms with van der Waals surface area (Å²) < 4.78 is 0. The van der Waals surface area contributed by atoms with Crippen LogP contribution in [0.2, 0.25) is 5.02 Å². The number of anilines is 1. The Hall–Kier alpha value is -2.33. The lowest BCUT2D eigenvalue weighted by Crippen LogP contribution is -2.40. The van der Waals surface area contributed by atoms with Gasteiger partial charge in [-0.2, -0.15) is 0 Å². The third-order valence-electron chi connectivity index (χ3n) is 4.34. The second-order valence-corrected chi connectivity index (χ2v) is 6.32. The van der Waals surface area contributed by atoms with Crippen LogP contribution >= 0.6 is 11.6 Å². The predicted octanol–water partition coefficient (Wildman–Crippen LogP) is 3.81. The molecular weight excluding hydrogens is 324 g/mol. The molecule has 0 aromatic heterocycles. The number of fused-ring (bicyclic) bond motifs is 1. The normalized spacial score (nSPS) is 16.4. The third-order valence-corrected chi connectivity index (χ3v) is 4.67. The van der Waals surface area contributed by atoms with Crippen LogP contribution in [0.5, 0.6) is 0 Å². The van der Waals surface area contributed by atoms with E-state index in [0.29, 0.717) is 17.3 Å². The van der Waals surface area contributed by atoms with Crippen LogP contribution in [0.1, 0.15) is 30.5 Å². The van der Waals surface area contributed by atoms with Crippen LogP contribution in [-0.4, -0.2) is 23.3 Å². The topological polar surface area (TPSA) is 49.4 Å². The fourth-order valence-corrected chi connectivity index (χ4v) is 3.37. The Balaban J connectivity index is 1.82. The van der Waals surface area contributed by atoms with Crippen molar-refractivity contribution in [1.29, 1.82) is 0 Å². The van der Waals surface area contributed by atoms with E-state index in [4.69, 9.17) is 11.6 Å². The van der Waals surface area contributed by atoms with E-state index in [0.717, 1.165) is 12.0 Å². The molecule has 1 unspecified atom stereocenters. The lowest BCUT2D eigenvalue weighted by atomic mass is 9.90. The van der Waals surface area contributed by atoms with E-state index < -0.39 is 0 Å². The van der Waals surface area contributed by atoms with Gasteiger partial charge in [0.05, 0.1) is 23.2 Å². The van der Waals surface area contributed by atoms with Gasteiger partial charge in [0.15, 0.2) is 0 Å². The molecule has 1 aliphatic heterocycles. The SMILES string of the molecule is CC(=O)N1CCc2ccccc2C1CC(=O)Nc1ccccc1Cl. The number of rotatable bonds is 3. The molecule has 124 valence electrons. The first kappa shape index (κ1) is 16.5. The summed E-state index contributed by atoms with van der Waals surface area (Å²) in [5, 5.41) is 3.34. The molecule has 0 aliphatic carbocycles. The molecule has 1 heterocycles. The number of nitrogens with one attached hydrogen (secondary N) is 1. The van der Waals surface area contributed by atoms with Crippen LogP contribution in [0.15, 0.2) is 48.5 Å². The average molecular weight is 343 g/mol. The Labute approximate surface area is 146 Å². The Morgan fingerprint density at radius 3 is 2.62 bits per heavy atom. The van der Waals surface area contributed by atoms with Crippen molar-refractivity contribution < 1.29 is 9.59 Å². The van der Waals surface area contributed by atoms with E-state index in [1.165, 1.54) is 5.56 Å². The number of carbonyl (C=O) groups excluding carboxylic acids is 2. The summed E-state index contributed by atoms with van der Waals surface area (Å²) in [5.41, 5.74) is 2.83. The van der Waals surface area contributed by atoms with Gasteiger partial charge in [-0.25, -0.2) is 0 Å². The van der Waals surface area contributed by atoms with Crippen molar-refractivity contribution >= 4 is 29.1 Å². The van der Waals surface area contributed by atoms with Crippen LogP contribution in [0.4, 0.5) is 5.69 Å². The summed E-state index contributed by atoms with van der Waals surface area (Å²) in [7, 11) is 0. The Kier molecular flexibility index (Phi) is 4.86. The maximum atomic E-state index is 12.5. The first-order valence-corrected chi connectivity index (χ1v) is 8.33. The average Bonchev–Trinajstić information content (AvgIpc) is 2.57. The molecule has 2 aromatic carbocycles. The summed E-state index contributed by atoms with van der Waals surface area (Å²) in [6, 6.07) is 14.9. The summed E-state index contributed by atoms with van der Waals surface area (Å²) in [4.78, 5) is 26.3. The van der Waals surface area contributed by atoms with E-state index in [2.05, 4.69) is 11.4 Å². The van der Waals surface area contributed by atoms with Crippen LogP contribution in [0.25, 0.3) is 0 Å². The van der Waals surface area contributed by atoms with Crippen molar-refractivity contribution in [3.8, 4) is 0 Å². The van der Waals surface area contributed by atoms with Crippen molar-refractivity contribution in [2.24, 2.45) is 0 Å². The molecule has 2 aromatic rings. The molecule has 4 nitrogen and oxygen atoms in total. The maximum absolute atomic E-state index is 12.5. The first-order valence-electron chi connectivity index (χ1n) is 7.95. The van der Waals surface area contributed by atoms with E-state index in [9.17, 15) is 9.59 Å². The van der Waals surface area contributed by atoms with Gasteiger partial charge in [-0.15, -0.1) is 0 Å². The molecule has 2 amide bonds. The molecule has 5 heteroatoms. The second kappa shape index (κ2) is 7.05. The molecule has 0 saturated heterocycles. The fourth-order valence-electron chi connectivity index (χ4n) is 3.19. The van der Waals surface area contributed by atoms with Gasteiger partial charge in [-0.1, -0.05) is 48.0 Å². The molecule has 0 bridgehead atoms. The third kappa shape index (κ3) is 3.44. The zero-order valence-corrected chi connectivity index (χ0v) is 14.2. The van der Waals surface area contributed by atoms with Gasteiger partial charge in [0.25, 0.3) is 0 Å². The molecule has 3 rings (SSSR count). The first-order chi connectivity index (χ1) is 11.6. The summed E-state index contributed by atoms with van der Waals surface area (Å²) in [6.07, 6.45) is 1.03. The highest BCUT2D eigenvalue weighted by molar-refractivity contribution is 6.33. The summed E-state index contributed by atoms with van der Waals surface area (Å²) >= 11 is 6.09. The predicted molar refractivity (Wildman–Crippen MR) is 95.0 cm³/mol. The number of para-hydroxylation sites is 1. The standard InChI is InChI=1S/C19H19ClN2O2/c1-13(23)22-11-10-14-6-2-3-7-15(14)18(22)12-19(24)21-17-9-5-4-8-16(17)20/h2-9,18H,10-12H2,1H3,(H,21,24). The minimum absolute atomic E-state index is 0.0138. The molecule has 0 fully saturated rings. The van der Waals surface area contributed by atoms with E-state index in [-0.39, 0.29) is 24.3 Å². The molecular formula is C19H19ClN2O2. The minimum Gasteiger partial charge on any atom is -0.335 e. The number of nitrogens with zero attached hydrogens (tertiary/aromatic N) is 1. The van der Waals surface area contributed by atoms with Crippen LogP contribution in [0.3, 0.4) is 0 Å². The molecule has 1 aliphatic rings. The zero-order valence-electron chi connectivity index (χ0n) is 13.5. The second-order valence-electron chi connectivity index (χ2n) is 5.91. The molecule has 0 saturated carbocycles. The molecule has 0 spiro atoms. The van der Waals surface area contributed by atoms with Crippen LogP contribution in [0, 0.1) is 0 Å². The molecule has 1 atom stereocenters. The Bertz CT molecular complexity index is 775. The monoisotopic (exact) mass is 342 g/mol. The van der Waals surface area contributed by atoms with Gasteiger partial charge >= 0.3 is 0 Å². The molecule has 1 N–H and O–H groups in total. The number of amides is 2. The number of benzene rings is 2. The lowest BCUT2D eigenvalue weighted by Gasteiger charge is -2.36. The summed E-state index contributed by atoms with van der Waals surface area (Å²) in [6.45, 7) is 2.18. The largest absolute Gasteiger partial charge is 0.335 e. The number of hydrogen-bond acceptors (Lipinski definition) is 2. The van der Waals surface area contributed by atoms with Crippen LogP contribution < -0.4 is 5.32 Å². The smallest absolute Gasteiger partial charge is 0.226 e. The quantitative estimate of drug-likeness (QED) is 0.922. The van der Waals surface area contributed by atoms with Crippen LogP contribution in [-0.2, 0) is 16.0 Å². The van der Waals surface area contributed by atoms with E-state index >= 15 is 0 Å². The number of carbonyl (C=O) groups is 2. The van der Waals surface area contributed by atoms with E-state index in [1.54, 1.807) is 24.0 Å². The van der Waals surface area contributed by atoms with Crippen molar-refractivity contribution in [2.75, 3.05) is 11.9 Å². The van der Waals surface area contributed by atoms with Crippen molar-refractivity contribution in [2.45, 2.75) is 25.8 Å². The Morgan fingerprint density at radius 1 is 1.17 bits per heavy atom. The van der Waals surface area contributed by atoms with Gasteiger partial charge in [-0.3, -0.25) is 9.59 Å². The van der Waals surface area contributed by atoms with Gasteiger partial charge in [-0.05, 0) is 29.7 Å². The highest BCUT2D eigenvalue weighted by Gasteiger charge is 2.30. The van der Waals surface area contributed by atoms with Gasteiger partial charge in [0.2, 0.25) is 11.8 Å².